The molecule has 2 bridgehead atoms. The molecule has 3 rings (SSSR count). The van der Waals surface area contributed by atoms with Gasteiger partial charge < -0.3 is 10.8 Å². The molecule has 110 valence electrons. The number of halogens is 1. The number of fused-ring (bicyclic) bond motifs is 2. The van der Waals surface area contributed by atoms with E-state index in [1.54, 1.807) is 0 Å². The maximum atomic E-state index is 9.96. The van der Waals surface area contributed by atoms with Crippen LogP contribution in [0, 0.1) is 0 Å². The second-order valence-corrected chi connectivity index (χ2v) is 6.75. The molecule has 1 aromatic rings. The third-order valence-corrected chi connectivity index (χ3v) is 5.05. The van der Waals surface area contributed by atoms with Gasteiger partial charge >= 0.3 is 0 Å². The zero-order valence-electron chi connectivity index (χ0n) is 11.9. The molecule has 2 heterocycles. The molecule has 1 aromatic carbocycles. The molecule has 3 nitrogen and oxygen atoms in total. The Morgan fingerprint density at radius 3 is 2.25 bits per heavy atom. The lowest BCUT2D eigenvalue weighted by atomic mass is 9.92. The quantitative estimate of drug-likeness (QED) is 0.901. The molecule has 3 N–H and O–H groups in total. The Morgan fingerprint density at radius 2 is 1.75 bits per heavy atom. The van der Waals surface area contributed by atoms with Crippen LogP contribution in [0.1, 0.15) is 44.2 Å². The van der Waals surface area contributed by atoms with Crippen LogP contribution in [-0.4, -0.2) is 34.2 Å². The van der Waals surface area contributed by atoms with Gasteiger partial charge in [0.25, 0.3) is 0 Å². The highest BCUT2D eigenvalue weighted by molar-refractivity contribution is 6.30. The maximum Gasteiger partial charge on any atom is 0.0570 e. The highest BCUT2D eigenvalue weighted by Crippen LogP contribution is 2.42. The van der Waals surface area contributed by atoms with Crippen molar-refractivity contribution in [3.05, 3.63) is 34.9 Å². The van der Waals surface area contributed by atoms with E-state index in [4.69, 9.17) is 17.3 Å². The van der Waals surface area contributed by atoms with Gasteiger partial charge in [-0.2, -0.15) is 0 Å². The van der Waals surface area contributed by atoms with Crippen molar-refractivity contribution in [1.29, 1.82) is 0 Å². The summed E-state index contributed by atoms with van der Waals surface area (Å²) in [4.78, 5) is 2.56. The molecule has 2 aliphatic heterocycles. The van der Waals surface area contributed by atoms with Crippen LogP contribution in [0.4, 0.5) is 0 Å². The van der Waals surface area contributed by atoms with Gasteiger partial charge in [0.1, 0.15) is 0 Å². The Morgan fingerprint density at radius 1 is 1.20 bits per heavy atom. The van der Waals surface area contributed by atoms with E-state index in [0.29, 0.717) is 12.1 Å². The van der Waals surface area contributed by atoms with Gasteiger partial charge in [0.2, 0.25) is 0 Å². The van der Waals surface area contributed by atoms with Gasteiger partial charge in [0.05, 0.1) is 12.1 Å². The zero-order valence-corrected chi connectivity index (χ0v) is 12.6. The zero-order chi connectivity index (χ0) is 14.3. The normalized spacial score (nSPS) is 33.1. The van der Waals surface area contributed by atoms with Crippen molar-refractivity contribution in [2.45, 2.75) is 62.9 Å². The van der Waals surface area contributed by atoms with Gasteiger partial charge in [-0.3, -0.25) is 4.90 Å². The van der Waals surface area contributed by atoms with Crippen LogP contribution in [0.15, 0.2) is 24.3 Å². The highest BCUT2D eigenvalue weighted by atomic mass is 35.5. The van der Waals surface area contributed by atoms with E-state index >= 15 is 0 Å². The minimum atomic E-state index is -0.136. The number of aliphatic hydroxyl groups excluding tert-OH is 1. The Labute approximate surface area is 125 Å². The first kappa shape index (κ1) is 14.3. The standard InChI is InChI=1S/C16H23ClN2O/c1-10(18)16(11-2-4-12(17)5-3-11)19-13-6-7-14(19)9-15(20)8-13/h2-5,10,13-16,20H,6-9,18H2,1H3. The fourth-order valence-corrected chi connectivity index (χ4v) is 4.17. The molecule has 2 saturated heterocycles. The van der Waals surface area contributed by atoms with E-state index in [9.17, 15) is 5.11 Å². The van der Waals surface area contributed by atoms with Crippen molar-refractivity contribution in [2.24, 2.45) is 5.73 Å². The summed E-state index contributed by atoms with van der Waals surface area (Å²) in [7, 11) is 0. The lowest BCUT2D eigenvalue weighted by Gasteiger charge is -2.44. The van der Waals surface area contributed by atoms with Crippen molar-refractivity contribution in [1.82, 2.24) is 4.90 Å². The molecule has 0 amide bonds. The molecule has 4 heteroatoms. The van der Waals surface area contributed by atoms with Crippen molar-refractivity contribution in [3.8, 4) is 0 Å². The number of rotatable bonds is 3. The van der Waals surface area contributed by atoms with Gasteiger partial charge in [-0.1, -0.05) is 23.7 Å². The van der Waals surface area contributed by atoms with Crippen LogP contribution in [0.25, 0.3) is 0 Å². The number of piperidine rings is 1. The largest absolute Gasteiger partial charge is 0.393 e. The van der Waals surface area contributed by atoms with E-state index in [2.05, 4.69) is 24.0 Å². The molecule has 20 heavy (non-hydrogen) atoms. The number of hydrogen-bond acceptors (Lipinski definition) is 3. The molecular formula is C16H23ClN2O. The van der Waals surface area contributed by atoms with Gasteiger partial charge in [-0.05, 0) is 50.3 Å². The predicted octanol–water partition coefficient (Wildman–Crippen LogP) is 2.72. The third kappa shape index (κ3) is 2.60. The van der Waals surface area contributed by atoms with E-state index in [-0.39, 0.29) is 18.2 Å². The molecule has 4 unspecified atom stereocenters. The number of aliphatic hydroxyl groups is 1. The molecule has 2 fully saturated rings. The number of hydrogen-bond donors (Lipinski definition) is 2. The molecule has 0 aliphatic carbocycles. The van der Waals surface area contributed by atoms with E-state index < -0.39 is 0 Å². The number of benzene rings is 1. The predicted molar refractivity (Wildman–Crippen MR) is 81.7 cm³/mol. The Hall–Kier alpha value is -0.610. The number of nitrogens with two attached hydrogens (primary N) is 1. The summed E-state index contributed by atoms with van der Waals surface area (Å²) >= 11 is 5.99. The Kier molecular flexibility index (Phi) is 4.04. The summed E-state index contributed by atoms with van der Waals surface area (Å²) in [5.74, 6) is 0. The lowest BCUT2D eigenvalue weighted by molar-refractivity contribution is 0.00412. The van der Waals surface area contributed by atoms with Crippen LogP contribution >= 0.6 is 11.6 Å². The van der Waals surface area contributed by atoms with Gasteiger partial charge in [0, 0.05) is 23.1 Å². The topological polar surface area (TPSA) is 49.5 Å². The summed E-state index contributed by atoms with van der Waals surface area (Å²) in [6.45, 7) is 2.07. The van der Waals surface area contributed by atoms with Gasteiger partial charge in [-0.15, -0.1) is 0 Å². The lowest BCUT2D eigenvalue weighted by Crippen LogP contribution is -2.50. The molecule has 2 aliphatic rings. The average Bonchev–Trinajstić information content (AvgIpc) is 2.65. The summed E-state index contributed by atoms with van der Waals surface area (Å²) in [6.07, 6.45) is 3.99. The minimum Gasteiger partial charge on any atom is -0.393 e. The van der Waals surface area contributed by atoms with Crippen molar-refractivity contribution >= 4 is 11.6 Å². The number of nitrogens with zero attached hydrogens (tertiary/aromatic N) is 1. The second-order valence-electron chi connectivity index (χ2n) is 6.31. The first-order valence-electron chi connectivity index (χ1n) is 7.53. The van der Waals surface area contributed by atoms with E-state index in [1.807, 2.05) is 12.1 Å². The smallest absolute Gasteiger partial charge is 0.0570 e. The Balaban J connectivity index is 1.90. The van der Waals surface area contributed by atoms with Gasteiger partial charge in [-0.25, -0.2) is 0 Å². The SMILES string of the molecule is CC(N)C(c1ccc(Cl)cc1)N1C2CCC1CC(O)C2. The van der Waals surface area contributed by atoms with Crippen molar-refractivity contribution in [3.63, 3.8) is 0 Å². The van der Waals surface area contributed by atoms with Crippen LogP contribution < -0.4 is 5.73 Å². The maximum absolute atomic E-state index is 9.96. The van der Waals surface area contributed by atoms with Crippen molar-refractivity contribution in [2.75, 3.05) is 0 Å². The second kappa shape index (κ2) is 5.64. The third-order valence-electron chi connectivity index (χ3n) is 4.80. The van der Waals surface area contributed by atoms with Crippen LogP contribution in [0.2, 0.25) is 5.02 Å². The van der Waals surface area contributed by atoms with Crippen LogP contribution in [0.5, 0.6) is 0 Å². The molecule has 4 atom stereocenters. The minimum absolute atomic E-state index is 0.0644. The molecule has 0 radical (unpaired) electrons. The fourth-order valence-electron chi connectivity index (χ4n) is 4.05. The summed E-state index contributed by atoms with van der Waals surface area (Å²) < 4.78 is 0. The van der Waals surface area contributed by atoms with E-state index in [0.717, 1.165) is 17.9 Å². The summed E-state index contributed by atoms with van der Waals surface area (Å²) in [6, 6.07) is 9.26. The average molecular weight is 295 g/mol. The molecule has 0 aromatic heterocycles. The van der Waals surface area contributed by atoms with Crippen LogP contribution in [-0.2, 0) is 0 Å². The molecule has 0 spiro atoms. The summed E-state index contributed by atoms with van der Waals surface area (Å²) in [5.41, 5.74) is 7.52. The monoisotopic (exact) mass is 294 g/mol. The molecule has 0 saturated carbocycles. The van der Waals surface area contributed by atoms with Crippen molar-refractivity contribution < 1.29 is 5.11 Å². The van der Waals surface area contributed by atoms with Gasteiger partial charge in [0.15, 0.2) is 0 Å². The van der Waals surface area contributed by atoms with Crippen LogP contribution in [0.3, 0.4) is 0 Å². The molecular weight excluding hydrogens is 272 g/mol. The first-order valence-corrected chi connectivity index (χ1v) is 7.90. The highest BCUT2D eigenvalue weighted by Gasteiger charge is 2.44. The van der Waals surface area contributed by atoms with E-state index in [1.165, 1.54) is 18.4 Å². The fraction of sp³-hybridized carbons (Fsp3) is 0.625. The first-order chi connectivity index (χ1) is 9.56. The summed E-state index contributed by atoms with van der Waals surface area (Å²) in [5, 5.41) is 10.7. The Bertz CT molecular complexity index is 448.